The highest BCUT2D eigenvalue weighted by Crippen LogP contribution is 2.11. The Morgan fingerprint density at radius 2 is 1.93 bits per heavy atom. The SMILES string of the molecule is CC(CNC(=O)c1ccccc1CN(C)C)NC(=O)c1cn(-c2cnn(C)c2)cn1. The molecule has 2 amide bonds. The van der Waals surface area contributed by atoms with E-state index < -0.39 is 0 Å². The Kier molecular flexibility index (Phi) is 6.63. The zero-order chi connectivity index (χ0) is 21.7. The van der Waals surface area contributed by atoms with Crippen molar-refractivity contribution in [2.45, 2.75) is 19.5 Å². The van der Waals surface area contributed by atoms with Crippen molar-refractivity contribution < 1.29 is 9.59 Å². The van der Waals surface area contributed by atoms with E-state index >= 15 is 0 Å². The molecule has 1 unspecified atom stereocenters. The molecule has 1 atom stereocenters. The van der Waals surface area contributed by atoms with Gasteiger partial charge >= 0.3 is 0 Å². The lowest BCUT2D eigenvalue weighted by atomic mass is 10.1. The standard InChI is InChI=1S/C21H27N7O2/c1-15(9-22-20(29)18-8-6-5-7-16(18)11-26(2)3)25-21(30)19-13-28(14-23-19)17-10-24-27(4)12-17/h5-8,10,12-15H,9,11H2,1-4H3,(H,22,29)(H,25,30). The van der Waals surface area contributed by atoms with Gasteiger partial charge in [0, 0.05) is 44.1 Å². The van der Waals surface area contributed by atoms with Crippen LogP contribution < -0.4 is 10.6 Å². The van der Waals surface area contributed by atoms with E-state index in [2.05, 4.69) is 20.7 Å². The Morgan fingerprint density at radius 3 is 2.63 bits per heavy atom. The molecule has 9 heteroatoms. The molecule has 0 saturated carbocycles. The number of amides is 2. The van der Waals surface area contributed by atoms with Crippen molar-refractivity contribution in [2.75, 3.05) is 20.6 Å². The number of aryl methyl sites for hydroxylation is 1. The van der Waals surface area contributed by atoms with Crippen LogP contribution in [0, 0.1) is 0 Å². The number of imidazole rings is 1. The first-order chi connectivity index (χ1) is 14.3. The van der Waals surface area contributed by atoms with Gasteiger partial charge < -0.3 is 20.1 Å². The van der Waals surface area contributed by atoms with Gasteiger partial charge in [0.05, 0.1) is 11.9 Å². The summed E-state index contributed by atoms with van der Waals surface area (Å²) >= 11 is 0. The third kappa shape index (κ3) is 5.32. The van der Waals surface area contributed by atoms with Crippen LogP contribution in [0.25, 0.3) is 5.69 Å². The van der Waals surface area contributed by atoms with Crippen molar-refractivity contribution in [3.05, 3.63) is 66.0 Å². The Balaban J connectivity index is 1.55. The predicted molar refractivity (Wildman–Crippen MR) is 113 cm³/mol. The molecule has 9 nitrogen and oxygen atoms in total. The Hall–Kier alpha value is -3.46. The lowest BCUT2D eigenvalue weighted by Gasteiger charge is -2.16. The van der Waals surface area contributed by atoms with Crippen molar-refractivity contribution in [2.24, 2.45) is 7.05 Å². The highest BCUT2D eigenvalue weighted by atomic mass is 16.2. The molecule has 0 bridgehead atoms. The van der Waals surface area contributed by atoms with E-state index in [0.717, 1.165) is 11.3 Å². The van der Waals surface area contributed by atoms with Crippen LogP contribution in [-0.2, 0) is 13.6 Å². The molecule has 2 N–H and O–H groups in total. The van der Waals surface area contributed by atoms with E-state index in [0.29, 0.717) is 24.3 Å². The maximum atomic E-state index is 12.6. The quantitative estimate of drug-likeness (QED) is 0.583. The predicted octanol–water partition coefficient (Wildman–Crippen LogP) is 1.22. The fourth-order valence-electron chi connectivity index (χ4n) is 3.03. The first-order valence-electron chi connectivity index (χ1n) is 9.68. The molecule has 0 radical (unpaired) electrons. The van der Waals surface area contributed by atoms with Gasteiger partial charge in [0.2, 0.25) is 0 Å². The first-order valence-corrected chi connectivity index (χ1v) is 9.68. The lowest BCUT2D eigenvalue weighted by molar-refractivity contribution is 0.0909. The fourth-order valence-corrected chi connectivity index (χ4v) is 3.03. The molecule has 1 aromatic carbocycles. The van der Waals surface area contributed by atoms with Crippen molar-refractivity contribution in [1.82, 2.24) is 34.9 Å². The van der Waals surface area contributed by atoms with Crippen LogP contribution in [-0.4, -0.2) is 62.7 Å². The molecule has 0 fully saturated rings. The number of hydrogen-bond donors (Lipinski definition) is 2. The molecular weight excluding hydrogens is 382 g/mol. The Morgan fingerprint density at radius 1 is 1.17 bits per heavy atom. The molecular formula is C21H27N7O2. The average molecular weight is 409 g/mol. The summed E-state index contributed by atoms with van der Waals surface area (Å²) in [7, 11) is 5.74. The average Bonchev–Trinajstić information content (AvgIpc) is 3.35. The number of carbonyl (C=O) groups excluding carboxylic acids is 2. The molecule has 0 saturated heterocycles. The van der Waals surface area contributed by atoms with Gasteiger partial charge in [-0.2, -0.15) is 5.10 Å². The second-order valence-corrected chi connectivity index (χ2v) is 7.52. The fraction of sp³-hybridized carbons (Fsp3) is 0.333. The largest absolute Gasteiger partial charge is 0.350 e. The second-order valence-electron chi connectivity index (χ2n) is 7.52. The molecule has 0 aliphatic rings. The molecule has 3 aromatic rings. The van der Waals surface area contributed by atoms with Gasteiger partial charge in [-0.15, -0.1) is 0 Å². The van der Waals surface area contributed by atoms with Crippen LogP contribution >= 0.6 is 0 Å². The number of nitrogens with one attached hydrogen (secondary N) is 2. The maximum absolute atomic E-state index is 12.6. The van der Waals surface area contributed by atoms with E-state index in [1.807, 2.05) is 63.4 Å². The minimum absolute atomic E-state index is 0.158. The summed E-state index contributed by atoms with van der Waals surface area (Å²) in [5.74, 6) is -0.457. The monoisotopic (exact) mass is 409 g/mol. The summed E-state index contributed by atoms with van der Waals surface area (Å²) < 4.78 is 3.41. The summed E-state index contributed by atoms with van der Waals surface area (Å²) in [5, 5.41) is 9.86. The van der Waals surface area contributed by atoms with Gasteiger partial charge in [-0.25, -0.2) is 4.98 Å². The number of nitrogens with zero attached hydrogens (tertiary/aromatic N) is 5. The highest BCUT2D eigenvalue weighted by Gasteiger charge is 2.16. The van der Waals surface area contributed by atoms with Gasteiger partial charge in [0.15, 0.2) is 0 Å². The maximum Gasteiger partial charge on any atom is 0.271 e. The molecule has 2 aromatic heterocycles. The van der Waals surface area contributed by atoms with E-state index in [1.165, 1.54) is 0 Å². The van der Waals surface area contributed by atoms with Gasteiger partial charge in [-0.1, -0.05) is 18.2 Å². The van der Waals surface area contributed by atoms with E-state index in [9.17, 15) is 9.59 Å². The minimum Gasteiger partial charge on any atom is -0.350 e. The molecule has 2 heterocycles. The van der Waals surface area contributed by atoms with Crippen molar-refractivity contribution in [1.29, 1.82) is 0 Å². The van der Waals surface area contributed by atoms with Gasteiger partial charge in [-0.05, 0) is 32.6 Å². The minimum atomic E-state index is -0.299. The number of carbonyl (C=O) groups is 2. The van der Waals surface area contributed by atoms with Crippen LogP contribution in [0.4, 0.5) is 0 Å². The second kappa shape index (κ2) is 9.36. The summed E-state index contributed by atoms with van der Waals surface area (Å²) in [4.78, 5) is 31.2. The number of hydrogen-bond acceptors (Lipinski definition) is 5. The summed E-state index contributed by atoms with van der Waals surface area (Å²) in [5.41, 5.74) is 2.71. The van der Waals surface area contributed by atoms with Crippen molar-refractivity contribution in [3.63, 3.8) is 0 Å². The van der Waals surface area contributed by atoms with Gasteiger partial charge in [-0.3, -0.25) is 14.3 Å². The number of benzene rings is 1. The first kappa shape index (κ1) is 21.3. The van der Waals surface area contributed by atoms with Crippen molar-refractivity contribution >= 4 is 11.8 Å². The molecule has 3 rings (SSSR count). The Labute approximate surface area is 175 Å². The normalized spacial score (nSPS) is 12.0. The van der Waals surface area contributed by atoms with Crippen LogP contribution in [0.2, 0.25) is 0 Å². The summed E-state index contributed by atoms with van der Waals surface area (Å²) in [6.45, 7) is 2.82. The van der Waals surface area contributed by atoms with Crippen molar-refractivity contribution in [3.8, 4) is 5.69 Å². The van der Waals surface area contributed by atoms with Gasteiger partial charge in [0.25, 0.3) is 11.8 Å². The highest BCUT2D eigenvalue weighted by molar-refractivity contribution is 5.96. The molecule has 158 valence electrons. The number of aromatic nitrogens is 4. The topological polar surface area (TPSA) is 97.1 Å². The smallest absolute Gasteiger partial charge is 0.271 e. The van der Waals surface area contributed by atoms with Crippen LogP contribution in [0.3, 0.4) is 0 Å². The zero-order valence-electron chi connectivity index (χ0n) is 17.7. The van der Waals surface area contributed by atoms with E-state index in [4.69, 9.17) is 0 Å². The summed E-state index contributed by atoms with van der Waals surface area (Å²) in [6, 6.07) is 7.26. The van der Waals surface area contributed by atoms with E-state index in [1.54, 1.807) is 28.0 Å². The Bertz CT molecular complexity index is 1020. The molecule has 0 spiro atoms. The van der Waals surface area contributed by atoms with Crippen LogP contribution in [0.5, 0.6) is 0 Å². The zero-order valence-corrected chi connectivity index (χ0v) is 17.7. The van der Waals surface area contributed by atoms with E-state index in [-0.39, 0.29) is 17.9 Å². The number of rotatable bonds is 8. The molecule has 0 aliphatic heterocycles. The lowest BCUT2D eigenvalue weighted by Crippen LogP contribution is -2.42. The van der Waals surface area contributed by atoms with Gasteiger partial charge in [0.1, 0.15) is 12.0 Å². The third-order valence-electron chi connectivity index (χ3n) is 4.50. The third-order valence-corrected chi connectivity index (χ3v) is 4.50. The van der Waals surface area contributed by atoms with Crippen LogP contribution in [0.1, 0.15) is 33.3 Å². The molecule has 30 heavy (non-hydrogen) atoms. The summed E-state index contributed by atoms with van der Waals surface area (Å²) in [6.07, 6.45) is 6.74. The molecule has 0 aliphatic carbocycles. The van der Waals surface area contributed by atoms with Crippen LogP contribution in [0.15, 0.2) is 49.2 Å².